The zero-order chi connectivity index (χ0) is 13.9. The molecule has 0 saturated heterocycles. The molecule has 2 heteroatoms. The zero-order valence-corrected chi connectivity index (χ0v) is 11.7. The number of carbonyl (C=O) groups excluding carboxylic acids is 1. The van der Waals surface area contributed by atoms with Gasteiger partial charge in [0.1, 0.15) is 0 Å². The second-order valence-corrected chi connectivity index (χ2v) is 6.05. The summed E-state index contributed by atoms with van der Waals surface area (Å²) in [5, 5.41) is 0. The maximum absolute atomic E-state index is 12.7. The van der Waals surface area contributed by atoms with Gasteiger partial charge in [0, 0.05) is 28.9 Å². The van der Waals surface area contributed by atoms with Crippen LogP contribution in [-0.4, -0.2) is 10.8 Å². The van der Waals surface area contributed by atoms with Crippen molar-refractivity contribution in [2.45, 2.75) is 19.8 Å². The van der Waals surface area contributed by atoms with Crippen LogP contribution >= 0.6 is 0 Å². The third-order valence-corrected chi connectivity index (χ3v) is 4.77. The van der Waals surface area contributed by atoms with Gasteiger partial charge in [0.2, 0.25) is 0 Å². The summed E-state index contributed by atoms with van der Waals surface area (Å²) in [6.07, 6.45) is 4.06. The summed E-state index contributed by atoms with van der Waals surface area (Å²) >= 11 is 0. The predicted molar refractivity (Wildman–Crippen MR) is 79.7 cm³/mol. The number of H-pyrrole nitrogens is 1. The van der Waals surface area contributed by atoms with Crippen LogP contribution in [0.2, 0.25) is 0 Å². The van der Waals surface area contributed by atoms with Gasteiger partial charge in [-0.15, -0.1) is 0 Å². The Balaban J connectivity index is 1.76. The summed E-state index contributed by atoms with van der Waals surface area (Å²) in [5.74, 6) is 1.66. The highest BCUT2D eigenvalue weighted by Gasteiger charge is 2.54. The first-order valence-electron chi connectivity index (χ1n) is 7.17. The zero-order valence-electron chi connectivity index (χ0n) is 11.7. The van der Waals surface area contributed by atoms with E-state index in [1.807, 2.05) is 37.4 Å². The van der Waals surface area contributed by atoms with Crippen molar-refractivity contribution in [1.82, 2.24) is 4.98 Å². The van der Waals surface area contributed by atoms with E-state index in [9.17, 15) is 4.79 Å². The molecule has 2 aromatic rings. The predicted octanol–water partition coefficient (Wildman–Crippen LogP) is 3.95. The first-order valence-corrected chi connectivity index (χ1v) is 7.17. The molecule has 0 amide bonds. The Bertz CT molecular complexity index is 720. The van der Waals surface area contributed by atoms with Gasteiger partial charge in [-0.25, -0.2) is 0 Å². The van der Waals surface area contributed by atoms with Crippen LogP contribution in [0.5, 0.6) is 0 Å². The van der Waals surface area contributed by atoms with Gasteiger partial charge < -0.3 is 4.98 Å². The minimum absolute atomic E-state index is 0.191. The van der Waals surface area contributed by atoms with Crippen molar-refractivity contribution in [2.75, 3.05) is 0 Å². The SMILES string of the molecule is Cc1ccc(C(=O)C2=Cc3cc[nH]c3C3C(C)C23)cc1. The summed E-state index contributed by atoms with van der Waals surface area (Å²) in [5.41, 5.74) is 5.47. The molecule has 1 heterocycles. The summed E-state index contributed by atoms with van der Waals surface area (Å²) in [7, 11) is 0. The Morgan fingerprint density at radius 1 is 1.10 bits per heavy atom. The van der Waals surface area contributed by atoms with Gasteiger partial charge in [-0.3, -0.25) is 4.79 Å². The van der Waals surface area contributed by atoms with Gasteiger partial charge in [-0.2, -0.15) is 0 Å². The van der Waals surface area contributed by atoms with E-state index in [0.717, 1.165) is 11.1 Å². The lowest BCUT2D eigenvalue weighted by Crippen LogP contribution is -2.09. The van der Waals surface area contributed by atoms with Crippen LogP contribution in [-0.2, 0) is 0 Å². The molecule has 20 heavy (non-hydrogen) atoms. The fourth-order valence-electron chi connectivity index (χ4n) is 3.54. The van der Waals surface area contributed by atoms with Crippen LogP contribution in [0.1, 0.15) is 40.0 Å². The molecule has 1 aromatic heterocycles. The number of aromatic nitrogens is 1. The molecule has 0 aliphatic heterocycles. The van der Waals surface area contributed by atoms with E-state index in [2.05, 4.69) is 24.1 Å². The molecule has 3 unspecified atom stereocenters. The minimum atomic E-state index is 0.191. The highest BCUT2D eigenvalue weighted by molar-refractivity contribution is 6.12. The van der Waals surface area contributed by atoms with Gasteiger partial charge in [0.05, 0.1) is 0 Å². The number of fused-ring (bicyclic) bond motifs is 3. The van der Waals surface area contributed by atoms with Crippen molar-refractivity contribution < 1.29 is 4.79 Å². The molecule has 1 saturated carbocycles. The third-order valence-electron chi connectivity index (χ3n) is 4.77. The standard InChI is InChI=1S/C18H17NO/c1-10-3-5-12(6-4-10)18(20)14-9-13-7-8-19-17(13)16-11(2)15(14)16/h3-9,11,15-16,19H,1-2H3. The van der Waals surface area contributed by atoms with E-state index < -0.39 is 0 Å². The van der Waals surface area contributed by atoms with E-state index in [1.54, 1.807) is 0 Å². The smallest absolute Gasteiger partial charge is 0.189 e. The number of rotatable bonds is 2. The Morgan fingerprint density at radius 3 is 2.60 bits per heavy atom. The molecular weight excluding hydrogens is 246 g/mol. The van der Waals surface area contributed by atoms with Crippen LogP contribution in [0.25, 0.3) is 6.08 Å². The second-order valence-electron chi connectivity index (χ2n) is 6.05. The monoisotopic (exact) mass is 263 g/mol. The number of nitrogens with one attached hydrogen (secondary N) is 1. The fourth-order valence-corrected chi connectivity index (χ4v) is 3.54. The Hall–Kier alpha value is -2.09. The van der Waals surface area contributed by atoms with E-state index in [0.29, 0.717) is 17.8 Å². The quantitative estimate of drug-likeness (QED) is 0.817. The highest BCUT2D eigenvalue weighted by atomic mass is 16.1. The van der Waals surface area contributed by atoms with Gasteiger partial charge in [0.15, 0.2) is 5.78 Å². The number of ketones is 1. The number of aryl methyl sites for hydroxylation is 1. The lowest BCUT2D eigenvalue weighted by atomic mass is 9.91. The largest absolute Gasteiger partial charge is 0.364 e. The fraction of sp³-hybridized carbons (Fsp3) is 0.278. The van der Waals surface area contributed by atoms with E-state index in [-0.39, 0.29) is 5.78 Å². The first-order chi connectivity index (χ1) is 9.66. The number of carbonyl (C=O) groups is 1. The van der Waals surface area contributed by atoms with Crippen LogP contribution in [0.4, 0.5) is 0 Å². The Morgan fingerprint density at radius 2 is 1.85 bits per heavy atom. The Kier molecular flexibility index (Phi) is 2.31. The molecule has 2 aliphatic carbocycles. The highest BCUT2D eigenvalue weighted by Crippen LogP contribution is 2.61. The topological polar surface area (TPSA) is 32.9 Å². The molecule has 3 atom stereocenters. The molecule has 1 fully saturated rings. The van der Waals surface area contributed by atoms with Crippen molar-refractivity contribution in [3.63, 3.8) is 0 Å². The summed E-state index contributed by atoms with van der Waals surface area (Å²) < 4.78 is 0. The molecule has 4 rings (SSSR count). The number of Topliss-reactive ketones (excluding diaryl/α,β-unsaturated/α-hetero) is 1. The van der Waals surface area contributed by atoms with E-state index in [4.69, 9.17) is 0 Å². The number of aromatic amines is 1. The molecule has 0 radical (unpaired) electrons. The molecule has 1 N–H and O–H groups in total. The number of allylic oxidation sites excluding steroid dienone is 1. The maximum Gasteiger partial charge on any atom is 0.189 e. The van der Waals surface area contributed by atoms with Crippen LogP contribution < -0.4 is 0 Å². The van der Waals surface area contributed by atoms with Crippen LogP contribution in [0.15, 0.2) is 42.1 Å². The van der Waals surface area contributed by atoms with E-state index in [1.165, 1.54) is 16.8 Å². The molecular formula is C18H17NO. The molecule has 0 spiro atoms. The van der Waals surface area contributed by atoms with Gasteiger partial charge >= 0.3 is 0 Å². The summed E-state index contributed by atoms with van der Waals surface area (Å²) in [6.45, 7) is 4.28. The van der Waals surface area contributed by atoms with Crippen molar-refractivity contribution in [2.24, 2.45) is 11.8 Å². The normalized spacial score (nSPS) is 26.5. The number of benzene rings is 1. The average Bonchev–Trinajstić information content (AvgIpc) is 2.92. The molecule has 100 valence electrons. The number of hydrogen-bond acceptors (Lipinski definition) is 1. The lowest BCUT2D eigenvalue weighted by molar-refractivity contribution is 0.102. The van der Waals surface area contributed by atoms with Crippen molar-refractivity contribution in [3.05, 3.63) is 64.5 Å². The number of hydrogen-bond donors (Lipinski definition) is 1. The lowest BCUT2D eigenvalue weighted by Gasteiger charge is -2.12. The molecule has 0 bridgehead atoms. The van der Waals surface area contributed by atoms with Crippen LogP contribution in [0.3, 0.4) is 0 Å². The van der Waals surface area contributed by atoms with Crippen molar-refractivity contribution in [1.29, 1.82) is 0 Å². The van der Waals surface area contributed by atoms with E-state index >= 15 is 0 Å². The van der Waals surface area contributed by atoms with Gasteiger partial charge in [-0.1, -0.05) is 36.8 Å². The van der Waals surface area contributed by atoms with Gasteiger partial charge in [-0.05, 0) is 36.5 Å². The Labute approximate surface area is 118 Å². The molecule has 2 aliphatic rings. The van der Waals surface area contributed by atoms with Crippen LogP contribution in [0, 0.1) is 18.8 Å². The summed E-state index contributed by atoms with van der Waals surface area (Å²) in [4.78, 5) is 16.1. The first kappa shape index (κ1) is 11.7. The average molecular weight is 263 g/mol. The van der Waals surface area contributed by atoms with Crippen molar-refractivity contribution in [3.8, 4) is 0 Å². The van der Waals surface area contributed by atoms with Gasteiger partial charge in [0.25, 0.3) is 0 Å². The maximum atomic E-state index is 12.7. The molecule has 2 nitrogen and oxygen atoms in total. The molecule has 1 aromatic carbocycles. The minimum Gasteiger partial charge on any atom is -0.364 e. The van der Waals surface area contributed by atoms with Crippen molar-refractivity contribution >= 4 is 11.9 Å². The second kappa shape index (κ2) is 3.95. The third kappa shape index (κ3) is 1.54. The summed E-state index contributed by atoms with van der Waals surface area (Å²) in [6, 6.07) is 9.96.